The Morgan fingerprint density at radius 1 is 1.38 bits per heavy atom. The van der Waals surface area contributed by atoms with Crippen LogP contribution in [0.5, 0.6) is 0 Å². The molecule has 1 aromatic rings. The van der Waals surface area contributed by atoms with Gasteiger partial charge in [0.2, 0.25) is 5.91 Å². The van der Waals surface area contributed by atoms with Crippen LogP contribution in [0.15, 0.2) is 29.8 Å². The molecule has 0 aliphatic rings. The second kappa shape index (κ2) is 5.47. The highest BCUT2D eigenvalue weighted by Crippen LogP contribution is 2.11. The fourth-order valence-corrected chi connectivity index (χ4v) is 1.14. The first-order chi connectivity index (χ1) is 7.65. The van der Waals surface area contributed by atoms with Crippen LogP contribution >= 0.6 is 0 Å². The third kappa shape index (κ3) is 3.39. The van der Waals surface area contributed by atoms with E-state index in [0.29, 0.717) is 12.0 Å². The highest BCUT2D eigenvalue weighted by Gasteiger charge is 1.96. The Morgan fingerprint density at radius 2 is 2.00 bits per heavy atom. The SMILES string of the molecule is CC(=O)Nc1ccc(C=C(C#N)C=O)cc1. The maximum Gasteiger partial charge on any atom is 0.221 e. The van der Waals surface area contributed by atoms with Crippen LogP contribution in [0.4, 0.5) is 5.69 Å². The molecule has 4 heteroatoms. The molecule has 1 aromatic carbocycles. The predicted molar refractivity (Wildman–Crippen MR) is 60.4 cm³/mol. The molecule has 0 unspecified atom stereocenters. The number of nitriles is 1. The van der Waals surface area contributed by atoms with E-state index in [4.69, 9.17) is 5.26 Å². The number of hydrogen-bond acceptors (Lipinski definition) is 3. The molecular weight excluding hydrogens is 204 g/mol. The van der Waals surface area contributed by atoms with Crippen molar-refractivity contribution < 1.29 is 9.59 Å². The lowest BCUT2D eigenvalue weighted by Crippen LogP contribution is -2.05. The van der Waals surface area contributed by atoms with Gasteiger partial charge in [0.15, 0.2) is 6.29 Å². The van der Waals surface area contributed by atoms with Crippen LogP contribution in [-0.2, 0) is 9.59 Å². The van der Waals surface area contributed by atoms with Crippen molar-refractivity contribution in [2.24, 2.45) is 0 Å². The van der Waals surface area contributed by atoms with Crippen molar-refractivity contribution in [2.75, 3.05) is 5.32 Å². The van der Waals surface area contributed by atoms with Gasteiger partial charge in [0.05, 0.1) is 5.57 Å². The number of hydrogen-bond donors (Lipinski definition) is 1. The molecule has 0 saturated heterocycles. The fourth-order valence-electron chi connectivity index (χ4n) is 1.14. The molecule has 0 bridgehead atoms. The average molecular weight is 214 g/mol. The van der Waals surface area contributed by atoms with Crippen LogP contribution in [-0.4, -0.2) is 12.2 Å². The topological polar surface area (TPSA) is 70.0 Å². The first-order valence-electron chi connectivity index (χ1n) is 4.60. The molecule has 16 heavy (non-hydrogen) atoms. The monoisotopic (exact) mass is 214 g/mol. The second-order valence-electron chi connectivity index (χ2n) is 3.13. The number of nitrogens with zero attached hydrogens (tertiary/aromatic N) is 1. The van der Waals surface area contributed by atoms with Crippen molar-refractivity contribution in [3.8, 4) is 6.07 Å². The minimum Gasteiger partial charge on any atom is -0.326 e. The summed E-state index contributed by atoms with van der Waals surface area (Å²) in [5, 5.41) is 11.2. The molecule has 0 fully saturated rings. The van der Waals surface area contributed by atoms with E-state index in [9.17, 15) is 9.59 Å². The molecule has 0 atom stereocenters. The van der Waals surface area contributed by atoms with Crippen molar-refractivity contribution in [3.05, 3.63) is 35.4 Å². The molecule has 0 saturated carbocycles. The van der Waals surface area contributed by atoms with Gasteiger partial charge in [0.25, 0.3) is 0 Å². The van der Waals surface area contributed by atoms with E-state index >= 15 is 0 Å². The van der Waals surface area contributed by atoms with Crippen molar-refractivity contribution in [1.82, 2.24) is 0 Å². The van der Waals surface area contributed by atoms with E-state index < -0.39 is 0 Å². The highest BCUT2D eigenvalue weighted by molar-refractivity contribution is 5.89. The largest absolute Gasteiger partial charge is 0.326 e. The molecule has 0 aliphatic heterocycles. The van der Waals surface area contributed by atoms with Gasteiger partial charge in [-0.3, -0.25) is 9.59 Å². The Labute approximate surface area is 93.2 Å². The van der Waals surface area contributed by atoms with Gasteiger partial charge >= 0.3 is 0 Å². The summed E-state index contributed by atoms with van der Waals surface area (Å²) in [6, 6.07) is 8.60. The minimum atomic E-state index is -0.145. The predicted octanol–water partition coefficient (Wildman–Crippen LogP) is 1.75. The van der Waals surface area contributed by atoms with Gasteiger partial charge in [-0.05, 0) is 23.8 Å². The van der Waals surface area contributed by atoms with E-state index in [2.05, 4.69) is 5.32 Å². The molecule has 0 radical (unpaired) electrons. The molecule has 1 N–H and O–H groups in total. The molecular formula is C12H10N2O2. The summed E-state index contributed by atoms with van der Waals surface area (Å²) in [7, 11) is 0. The van der Waals surface area contributed by atoms with Crippen molar-refractivity contribution in [1.29, 1.82) is 5.26 Å². The zero-order valence-electron chi connectivity index (χ0n) is 8.73. The molecule has 0 spiro atoms. The summed E-state index contributed by atoms with van der Waals surface area (Å²) in [6.45, 7) is 1.42. The first-order valence-corrected chi connectivity index (χ1v) is 4.60. The van der Waals surface area contributed by atoms with Crippen LogP contribution in [0.2, 0.25) is 0 Å². The quantitative estimate of drug-likeness (QED) is 0.473. The van der Waals surface area contributed by atoms with E-state index in [-0.39, 0.29) is 11.5 Å². The number of allylic oxidation sites excluding steroid dienone is 1. The zero-order chi connectivity index (χ0) is 12.0. The van der Waals surface area contributed by atoms with Crippen LogP contribution in [0.25, 0.3) is 6.08 Å². The standard InChI is InChI=1S/C12H10N2O2/c1-9(16)14-12-4-2-10(3-5-12)6-11(7-13)8-15/h2-6,8H,1H3,(H,14,16). The molecule has 0 aliphatic carbocycles. The number of anilines is 1. The number of carbonyl (C=O) groups is 2. The van der Waals surface area contributed by atoms with Gasteiger partial charge in [0.1, 0.15) is 6.07 Å². The number of benzene rings is 1. The normalized spacial score (nSPS) is 10.4. The number of nitrogens with one attached hydrogen (secondary N) is 1. The summed E-state index contributed by atoms with van der Waals surface area (Å²) in [6.07, 6.45) is 1.98. The Kier molecular flexibility index (Phi) is 3.98. The van der Waals surface area contributed by atoms with Gasteiger partial charge in [0, 0.05) is 12.6 Å². The lowest BCUT2D eigenvalue weighted by molar-refractivity contribution is -0.114. The van der Waals surface area contributed by atoms with Crippen LogP contribution in [0.3, 0.4) is 0 Å². The Bertz CT molecular complexity index is 467. The number of rotatable bonds is 3. The summed E-state index contributed by atoms with van der Waals surface area (Å²) in [5.41, 5.74) is 1.47. The van der Waals surface area contributed by atoms with Gasteiger partial charge in [-0.25, -0.2) is 0 Å². The molecule has 0 aromatic heterocycles. The van der Waals surface area contributed by atoms with Crippen LogP contribution in [0.1, 0.15) is 12.5 Å². The highest BCUT2D eigenvalue weighted by atomic mass is 16.1. The lowest BCUT2D eigenvalue weighted by atomic mass is 10.1. The first kappa shape index (κ1) is 11.7. The Morgan fingerprint density at radius 3 is 2.44 bits per heavy atom. The van der Waals surface area contributed by atoms with E-state index in [1.807, 2.05) is 0 Å². The summed E-state index contributed by atoms with van der Waals surface area (Å²) in [5.74, 6) is -0.145. The average Bonchev–Trinajstić information content (AvgIpc) is 2.27. The van der Waals surface area contributed by atoms with Crippen molar-refractivity contribution in [2.45, 2.75) is 6.92 Å². The number of carbonyl (C=O) groups excluding carboxylic acids is 2. The van der Waals surface area contributed by atoms with Crippen molar-refractivity contribution >= 4 is 24.0 Å². The van der Waals surface area contributed by atoms with Gasteiger partial charge < -0.3 is 5.32 Å². The minimum absolute atomic E-state index is 0.0623. The van der Waals surface area contributed by atoms with E-state index in [0.717, 1.165) is 5.56 Å². The van der Waals surface area contributed by atoms with Gasteiger partial charge in [-0.2, -0.15) is 5.26 Å². The van der Waals surface area contributed by atoms with E-state index in [1.54, 1.807) is 30.3 Å². The number of amides is 1. The fraction of sp³-hybridized carbons (Fsp3) is 0.0833. The Balaban J connectivity index is 2.87. The molecule has 0 heterocycles. The third-order valence-corrected chi connectivity index (χ3v) is 1.81. The Hall–Kier alpha value is -2.41. The maximum atomic E-state index is 10.8. The smallest absolute Gasteiger partial charge is 0.221 e. The molecule has 80 valence electrons. The summed E-state index contributed by atoms with van der Waals surface area (Å²) < 4.78 is 0. The molecule has 1 rings (SSSR count). The summed E-state index contributed by atoms with van der Waals surface area (Å²) >= 11 is 0. The molecule has 1 amide bonds. The maximum absolute atomic E-state index is 10.8. The van der Waals surface area contributed by atoms with Crippen molar-refractivity contribution in [3.63, 3.8) is 0 Å². The molecule has 4 nitrogen and oxygen atoms in total. The second-order valence-corrected chi connectivity index (χ2v) is 3.13. The van der Waals surface area contributed by atoms with Crippen LogP contribution in [0, 0.1) is 11.3 Å². The summed E-state index contributed by atoms with van der Waals surface area (Å²) in [4.78, 5) is 21.2. The zero-order valence-corrected chi connectivity index (χ0v) is 8.73. The number of aldehydes is 1. The lowest BCUT2D eigenvalue weighted by Gasteiger charge is -2.01. The van der Waals surface area contributed by atoms with Gasteiger partial charge in [-0.1, -0.05) is 12.1 Å². The van der Waals surface area contributed by atoms with Crippen LogP contribution < -0.4 is 5.32 Å². The van der Waals surface area contributed by atoms with Gasteiger partial charge in [-0.15, -0.1) is 0 Å². The third-order valence-electron chi connectivity index (χ3n) is 1.81. The van der Waals surface area contributed by atoms with E-state index in [1.165, 1.54) is 13.0 Å².